The number of hydrogen-bond donors (Lipinski definition) is 1. The number of hydrogen-bond acceptors (Lipinski definition) is 6. The molecule has 8 nitrogen and oxygen atoms in total. The summed E-state index contributed by atoms with van der Waals surface area (Å²) in [5, 5.41) is 14.4. The highest BCUT2D eigenvalue weighted by Crippen LogP contribution is 2.30. The summed E-state index contributed by atoms with van der Waals surface area (Å²) in [6.45, 7) is 2.36. The van der Waals surface area contributed by atoms with E-state index >= 15 is 0 Å². The summed E-state index contributed by atoms with van der Waals surface area (Å²) < 4.78 is 18.9. The van der Waals surface area contributed by atoms with Gasteiger partial charge < -0.3 is 19.9 Å². The maximum atomic E-state index is 13.6. The fourth-order valence-corrected chi connectivity index (χ4v) is 3.49. The average Bonchev–Trinajstić information content (AvgIpc) is 2.73. The molecule has 3 rings (SSSR count). The number of nitrogens with one attached hydrogen (secondary N) is 1. The zero-order valence-corrected chi connectivity index (χ0v) is 17.0. The second-order valence-electron chi connectivity index (χ2n) is 7.30. The Morgan fingerprint density at radius 1 is 1.27 bits per heavy atom. The van der Waals surface area contributed by atoms with E-state index in [4.69, 9.17) is 4.74 Å². The van der Waals surface area contributed by atoms with E-state index in [1.165, 1.54) is 18.2 Å². The molecule has 9 heteroatoms. The Bertz CT molecular complexity index is 916. The topological polar surface area (TPSA) is 88.0 Å². The lowest BCUT2D eigenvalue weighted by Gasteiger charge is -2.28. The van der Waals surface area contributed by atoms with Crippen molar-refractivity contribution >= 4 is 17.3 Å². The van der Waals surface area contributed by atoms with Crippen LogP contribution in [0.15, 0.2) is 42.5 Å². The molecule has 160 valence electrons. The lowest BCUT2D eigenvalue weighted by molar-refractivity contribution is -0.384. The zero-order chi connectivity index (χ0) is 21.7. The third-order valence-electron chi connectivity index (χ3n) is 5.10. The summed E-state index contributed by atoms with van der Waals surface area (Å²) in [7, 11) is 3.67. The number of ether oxygens (including phenoxy) is 1. The number of nitro groups is 1. The minimum Gasteiger partial charge on any atom is -0.378 e. The fraction of sp³-hybridized carbons (Fsp3) is 0.381. The van der Waals surface area contributed by atoms with Gasteiger partial charge >= 0.3 is 0 Å². The number of amides is 1. The molecule has 0 aliphatic carbocycles. The molecule has 1 aliphatic heterocycles. The van der Waals surface area contributed by atoms with Crippen molar-refractivity contribution in [2.24, 2.45) is 0 Å². The van der Waals surface area contributed by atoms with Crippen LogP contribution >= 0.6 is 0 Å². The molecule has 1 heterocycles. The summed E-state index contributed by atoms with van der Waals surface area (Å²) in [6.07, 6.45) is 0. The number of carbonyl (C=O) groups is 1. The van der Waals surface area contributed by atoms with Gasteiger partial charge in [0.1, 0.15) is 11.5 Å². The third-order valence-corrected chi connectivity index (χ3v) is 5.10. The molecule has 1 aliphatic rings. The van der Waals surface area contributed by atoms with Crippen LogP contribution < -0.4 is 10.2 Å². The molecule has 30 heavy (non-hydrogen) atoms. The predicted molar refractivity (Wildman–Crippen MR) is 111 cm³/mol. The van der Waals surface area contributed by atoms with Gasteiger partial charge in [-0.05, 0) is 43.9 Å². The first kappa shape index (κ1) is 21.7. The second-order valence-corrected chi connectivity index (χ2v) is 7.30. The Hall–Kier alpha value is -3.04. The van der Waals surface area contributed by atoms with Gasteiger partial charge in [-0.1, -0.05) is 12.1 Å². The quantitative estimate of drug-likeness (QED) is 0.551. The van der Waals surface area contributed by atoms with Crippen LogP contribution in [0.4, 0.5) is 15.8 Å². The lowest BCUT2D eigenvalue weighted by atomic mass is 10.1. The smallest absolute Gasteiger partial charge is 0.293 e. The average molecular weight is 416 g/mol. The molecular formula is C21H25FN4O4. The van der Waals surface area contributed by atoms with Crippen LogP contribution in [-0.4, -0.2) is 62.7 Å². The maximum absolute atomic E-state index is 13.6. The van der Waals surface area contributed by atoms with Crippen molar-refractivity contribution in [2.45, 2.75) is 6.04 Å². The SMILES string of the molecule is CN(C)[C@@H](CNC(=O)c1ccc(N2CCOCC2)c([N+](=O)[O-])c1)c1cccc(F)c1. The van der Waals surface area contributed by atoms with E-state index < -0.39 is 10.8 Å². The Kier molecular flexibility index (Phi) is 6.96. The summed E-state index contributed by atoms with van der Waals surface area (Å²) in [4.78, 5) is 27.5. The van der Waals surface area contributed by atoms with Crippen LogP contribution in [0, 0.1) is 15.9 Å². The lowest BCUT2D eigenvalue weighted by Crippen LogP contribution is -2.37. The molecule has 1 fully saturated rings. The Morgan fingerprint density at radius 2 is 2.00 bits per heavy atom. The van der Waals surface area contributed by atoms with Gasteiger partial charge in [0.15, 0.2) is 0 Å². The minimum absolute atomic E-state index is 0.112. The highest BCUT2D eigenvalue weighted by Gasteiger charge is 2.24. The molecule has 0 spiro atoms. The molecule has 1 N–H and O–H groups in total. The van der Waals surface area contributed by atoms with Crippen molar-refractivity contribution in [2.75, 3.05) is 51.8 Å². The van der Waals surface area contributed by atoms with Crippen molar-refractivity contribution in [3.8, 4) is 0 Å². The van der Waals surface area contributed by atoms with E-state index in [0.717, 1.165) is 5.56 Å². The first-order valence-electron chi connectivity index (χ1n) is 9.68. The van der Waals surface area contributed by atoms with Crippen LogP contribution in [0.1, 0.15) is 22.0 Å². The first-order valence-corrected chi connectivity index (χ1v) is 9.68. The maximum Gasteiger partial charge on any atom is 0.293 e. The van der Waals surface area contributed by atoms with E-state index in [0.29, 0.717) is 32.0 Å². The molecule has 0 saturated carbocycles. The molecule has 0 bridgehead atoms. The monoisotopic (exact) mass is 416 g/mol. The summed E-state index contributed by atoms with van der Waals surface area (Å²) in [6, 6.07) is 10.5. The van der Waals surface area contributed by atoms with Gasteiger partial charge in [0.25, 0.3) is 11.6 Å². The fourth-order valence-electron chi connectivity index (χ4n) is 3.49. The molecule has 2 aromatic rings. The van der Waals surface area contributed by atoms with Gasteiger partial charge in [0.05, 0.1) is 24.2 Å². The Labute approximate surface area is 174 Å². The summed E-state index contributed by atoms with van der Waals surface area (Å²) in [5.41, 5.74) is 1.30. The van der Waals surface area contributed by atoms with E-state index in [2.05, 4.69) is 5.32 Å². The van der Waals surface area contributed by atoms with E-state index in [-0.39, 0.29) is 29.7 Å². The van der Waals surface area contributed by atoms with Gasteiger partial charge in [0, 0.05) is 31.3 Å². The van der Waals surface area contributed by atoms with Crippen molar-refractivity contribution in [3.05, 3.63) is 69.5 Å². The number of halogens is 1. The van der Waals surface area contributed by atoms with Crippen molar-refractivity contribution in [3.63, 3.8) is 0 Å². The predicted octanol–water partition coefficient (Wildman–Crippen LogP) is 2.60. The first-order chi connectivity index (χ1) is 14.4. The Balaban J connectivity index is 1.75. The number of nitro benzene ring substituents is 1. The third kappa shape index (κ3) is 5.11. The van der Waals surface area contributed by atoms with Gasteiger partial charge in [-0.3, -0.25) is 14.9 Å². The van der Waals surface area contributed by atoms with Crippen LogP contribution in [-0.2, 0) is 4.74 Å². The van der Waals surface area contributed by atoms with Gasteiger partial charge in [-0.15, -0.1) is 0 Å². The normalized spacial score (nSPS) is 15.1. The van der Waals surface area contributed by atoms with E-state index in [1.807, 2.05) is 23.9 Å². The molecule has 1 amide bonds. The number of rotatable bonds is 7. The summed E-state index contributed by atoms with van der Waals surface area (Å²) in [5.74, 6) is -0.769. The summed E-state index contributed by atoms with van der Waals surface area (Å²) >= 11 is 0. The van der Waals surface area contributed by atoms with E-state index in [1.54, 1.807) is 24.3 Å². The van der Waals surface area contributed by atoms with Crippen molar-refractivity contribution < 1.29 is 18.8 Å². The van der Waals surface area contributed by atoms with Gasteiger partial charge in [-0.2, -0.15) is 0 Å². The number of carbonyl (C=O) groups excluding carboxylic acids is 1. The van der Waals surface area contributed by atoms with Crippen LogP contribution in [0.5, 0.6) is 0 Å². The molecular weight excluding hydrogens is 391 g/mol. The van der Waals surface area contributed by atoms with Crippen molar-refractivity contribution in [1.82, 2.24) is 10.2 Å². The molecule has 1 saturated heterocycles. The second kappa shape index (κ2) is 9.64. The van der Waals surface area contributed by atoms with Crippen LogP contribution in [0.3, 0.4) is 0 Å². The van der Waals surface area contributed by atoms with Gasteiger partial charge in [0.2, 0.25) is 0 Å². The minimum atomic E-state index is -0.475. The number of morpholine rings is 1. The number of benzene rings is 2. The van der Waals surface area contributed by atoms with Crippen LogP contribution in [0.25, 0.3) is 0 Å². The van der Waals surface area contributed by atoms with Crippen molar-refractivity contribution in [1.29, 1.82) is 0 Å². The highest BCUT2D eigenvalue weighted by atomic mass is 19.1. The number of nitrogens with zero attached hydrogens (tertiary/aromatic N) is 3. The molecule has 0 radical (unpaired) electrons. The van der Waals surface area contributed by atoms with E-state index in [9.17, 15) is 19.3 Å². The molecule has 0 aromatic heterocycles. The highest BCUT2D eigenvalue weighted by molar-refractivity contribution is 5.95. The van der Waals surface area contributed by atoms with Crippen LogP contribution in [0.2, 0.25) is 0 Å². The molecule has 0 unspecified atom stereocenters. The standard InChI is InChI=1S/C21H25FN4O4/c1-24(2)20(15-4-3-5-17(22)12-15)14-23-21(27)16-6-7-18(19(13-16)26(28)29)25-8-10-30-11-9-25/h3-7,12-13,20H,8-11,14H2,1-2H3,(H,23,27)/t20-/m0/s1. The van der Waals surface area contributed by atoms with Gasteiger partial charge in [-0.25, -0.2) is 4.39 Å². The Morgan fingerprint density at radius 3 is 2.63 bits per heavy atom. The molecule has 2 aromatic carbocycles. The molecule has 1 atom stereocenters. The number of anilines is 1. The number of likely N-dealkylation sites (N-methyl/N-ethyl adjacent to an activating group) is 1. The largest absolute Gasteiger partial charge is 0.378 e. The zero-order valence-electron chi connectivity index (χ0n) is 17.0.